The van der Waals surface area contributed by atoms with Crippen LogP contribution in [-0.2, 0) is 0 Å². The lowest BCUT2D eigenvalue weighted by Gasteiger charge is -2.33. The number of para-hydroxylation sites is 1. The number of primary amides is 1. The van der Waals surface area contributed by atoms with E-state index < -0.39 is 5.91 Å². The third kappa shape index (κ3) is 3.93. The highest BCUT2D eigenvalue weighted by molar-refractivity contribution is 7.15. The molecule has 1 aliphatic carbocycles. The summed E-state index contributed by atoms with van der Waals surface area (Å²) in [6.45, 7) is 2.16. The standard InChI is InChI=1S/C26H24FN3O4S/c1-13-29-22(24(35-13)14-5-7-16(27)8-6-14)26(32)30-17(9-15-10-20(15)30)11-18-12-33-23-19(25(28)31)3-2-4-21(23)34-18/h2-8,15,17-18,20H,9-12H2,1H3,(H2,28,31)/t15-,17+,18?,20+/m1/s1. The van der Waals surface area contributed by atoms with E-state index in [9.17, 15) is 14.0 Å². The van der Waals surface area contributed by atoms with Gasteiger partial charge in [0.1, 0.15) is 24.2 Å². The zero-order chi connectivity index (χ0) is 24.3. The van der Waals surface area contributed by atoms with Crippen molar-refractivity contribution in [2.24, 2.45) is 11.7 Å². The SMILES string of the molecule is Cc1nc(C(=O)N2[C@H](CC3COc4c(cccc4C(N)=O)O3)C[C@@H]3C[C@@H]32)c(-c2ccc(F)cc2)s1. The number of nitrogens with two attached hydrogens (primary N) is 1. The van der Waals surface area contributed by atoms with Gasteiger partial charge in [0, 0.05) is 18.5 Å². The molecule has 9 heteroatoms. The van der Waals surface area contributed by atoms with Gasteiger partial charge < -0.3 is 20.1 Å². The Morgan fingerprint density at radius 1 is 1.20 bits per heavy atom. The molecule has 3 aliphatic rings. The van der Waals surface area contributed by atoms with Crippen LogP contribution in [0.2, 0.25) is 0 Å². The van der Waals surface area contributed by atoms with E-state index >= 15 is 0 Å². The van der Waals surface area contributed by atoms with E-state index in [1.54, 1.807) is 30.3 Å². The maximum Gasteiger partial charge on any atom is 0.274 e. The first-order valence-electron chi connectivity index (χ1n) is 11.7. The molecule has 4 atom stereocenters. The minimum atomic E-state index is -0.563. The van der Waals surface area contributed by atoms with Gasteiger partial charge in [-0.3, -0.25) is 9.59 Å². The molecule has 1 saturated heterocycles. The van der Waals surface area contributed by atoms with Gasteiger partial charge in [-0.05, 0) is 55.5 Å². The number of ether oxygens (including phenoxy) is 2. The highest BCUT2D eigenvalue weighted by Crippen LogP contribution is 2.50. The summed E-state index contributed by atoms with van der Waals surface area (Å²) in [5.74, 6) is 0.398. The maximum atomic E-state index is 13.8. The Morgan fingerprint density at radius 2 is 2.00 bits per heavy atom. The number of hydrogen-bond acceptors (Lipinski definition) is 6. The van der Waals surface area contributed by atoms with Crippen molar-refractivity contribution in [2.75, 3.05) is 6.61 Å². The number of thiazole rings is 1. The van der Waals surface area contributed by atoms with Crippen LogP contribution in [0.1, 0.15) is 45.1 Å². The molecule has 1 unspecified atom stereocenters. The molecule has 1 aromatic heterocycles. The zero-order valence-electron chi connectivity index (χ0n) is 19.1. The van der Waals surface area contributed by atoms with Crippen molar-refractivity contribution in [3.8, 4) is 21.9 Å². The zero-order valence-corrected chi connectivity index (χ0v) is 19.9. The number of aromatic nitrogens is 1. The summed E-state index contributed by atoms with van der Waals surface area (Å²) < 4.78 is 25.5. The first-order chi connectivity index (χ1) is 16.9. The van der Waals surface area contributed by atoms with Crippen LogP contribution in [-0.4, -0.2) is 46.5 Å². The van der Waals surface area contributed by atoms with Gasteiger partial charge in [0.05, 0.1) is 15.4 Å². The van der Waals surface area contributed by atoms with Crippen molar-refractivity contribution in [1.82, 2.24) is 9.88 Å². The topological polar surface area (TPSA) is 94.8 Å². The maximum absolute atomic E-state index is 13.8. The molecular formula is C26H24FN3O4S. The summed E-state index contributed by atoms with van der Waals surface area (Å²) in [6, 6.07) is 11.5. The number of carbonyl (C=O) groups is 2. The van der Waals surface area contributed by atoms with Crippen LogP contribution in [0.15, 0.2) is 42.5 Å². The normalized spacial score (nSPS) is 24.2. The van der Waals surface area contributed by atoms with Crippen molar-refractivity contribution in [3.63, 3.8) is 0 Å². The van der Waals surface area contributed by atoms with E-state index in [1.165, 1.54) is 23.5 Å². The van der Waals surface area contributed by atoms with Crippen molar-refractivity contribution >= 4 is 23.2 Å². The number of fused-ring (bicyclic) bond motifs is 2. The molecule has 3 aromatic rings. The molecule has 2 aliphatic heterocycles. The highest BCUT2D eigenvalue weighted by Gasteiger charge is 2.55. The van der Waals surface area contributed by atoms with Gasteiger partial charge in [-0.15, -0.1) is 11.3 Å². The summed E-state index contributed by atoms with van der Waals surface area (Å²) in [7, 11) is 0. The van der Waals surface area contributed by atoms with Crippen LogP contribution < -0.4 is 15.2 Å². The molecule has 3 heterocycles. The molecular weight excluding hydrogens is 469 g/mol. The second-order valence-electron chi connectivity index (χ2n) is 9.37. The van der Waals surface area contributed by atoms with Crippen molar-refractivity contribution < 1.29 is 23.5 Å². The van der Waals surface area contributed by atoms with E-state index in [-0.39, 0.29) is 36.5 Å². The van der Waals surface area contributed by atoms with E-state index in [0.29, 0.717) is 35.1 Å². The molecule has 6 rings (SSSR count). The van der Waals surface area contributed by atoms with Gasteiger partial charge >= 0.3 is 0 Å². The average Bonchev–Trinajstić information content (AvgIpc) is 3.33. The van der Waals surface area contributed by atoms with Gasteiger partial charge in [0.25, 0.3) is 11.8 Å². The van der Waals surface area contributed by atoms with Crippen LogP contribution >= 0.6 is 11.3 Å². The van der Waals surface area contributed by atoms with Crippen molar-refractivity contribution in [3.05, 3.63) is 64.5 Å². The number of rotatable bonds is 5. The highest BCUT2D eigenvalue weighted by atomic mass is 32.1. The lowest BCUT2D eigenvalue weighted by Crippen LogP contribution is -2.43. The Kier molecular flexibility index (Phi) is 5.25. The first kappa shape index (κ1) is 22.0. The summed E-state index contributed by atoms with van der Waals surface area (Å²) >= 11 is 1.44. The Balaban J connectivity index is 1.23. The van der Waals surface area contributed by atoms with Crippen LogP contribution in [0.4, 0.5) is 4.39 Å². The molecule has 2 N–H and O–H groups in total. The lowest BCUT2D eigenvalue weighted by molar-refractivity contribution is 0.0477. The summed E-state index contributed by atoms with van der Waals surface area (Å²) in [5.41, 5.74) is 6.96. The Morgan fingerprint density at radius 3 is 2.77 bits per heavy atom. The van der Waals surface area contributed by atoms with Gasteiger partial charge in [0.2, 0.25) is 0 Å². The number of hydrogen-bond donors (Lipinski definition) is 1. The van der Waals surface area contributed by atoms with E-state index in [1.807, 2.05) is 11.8 Å². The number of aryl methyl sites for hydroxylation is 1. The summed E-state index contributed by atoms with van der Waals surface area (Å²) in [4.78, 5) is 32.8. The van der Waals surface area contributed by atoms with E-state index in [2.05, 4.69) is 4.98 Å². The Hall–Kier alpha value is -3.46. The molecule has 35 heavy (non-hydrogen) atoms. The molecule has 0 bridgehead atoms. The third-order valence-corrected chi connectivity index (χ3v) is 7.99. The van der Waals surface area contributed by atoms with Crippen LogP contribution in [0, 0.1) is 18.7 Å². The molecule has 180 valence electrons. The molecule has 2 amide bonds. The molecule has 0 spiro atoms. The van der Waals surface area contributed by atoms with Crippen molar-refractivity contribution in [2.45, 2.75) is 44.4 Å². The fourth-order valence-corrected chi connectivity index (χ4v) is 6.25. The average molecular weight is 494 g/mol. The largest absolute Gasteiger partial charge is 0.485 e. The minimum absolute atomic E-state index is 0.00352. The fraction of sp³-hybridized carbons (Fsp3) is 0.346. The fourth-order valence-electron chi connectivity index (χ4n) is 5.34. The predicted octanol–water partition coefficient (Wildman–Crippen LogP) is 4.19. The minimum Gasteiger partial charge on any atom is -0.485 e. The van der Waals surface area contributed by atoms with E-state index in [4.69, 9.17) is 15.2 Å². The van der Waals surface area contributed by atoms with Crippen molar-refractivity contribution in [1.29, 1.82) is 0 Å². The molecule has 1 saturated carbocycles. The predicted molar refractivity (Wildman–Crippen MR) is 128 cm³/mol. The summed E-state index contributed by atoms with van der Waals surface area (Å²) in [5, 5.41) is 0.793. The smallest absolute Gasteiger partial charge is 0.274 e. The van der Waals surface area contributed by atoms with Gasteiger partial charge in [-0.1, -0.05) is 18.2 Å². The number of halogens is 1. The first-order valence-corrected chi connectivity index (χ1v) is 12.5. The van der Waals surface area contributed by atoms with Crippen LogP contribution in [0.3, 0.4) is 0 Å². The number of likely N-dealkylation sites (tertiary alicyclic amines) is 1. The monoisotopic (exact) mass is 493 g/mol. The quantitative estimate of drug-likeness (QED) is 0.575. The molecule has 2 fully saturated rings. The van der Waals surface area contributed by atoms with Gasteiger partial charge in [-0.2, -0.15) is 0 Å². The second kappa shape index (κ2) is 8.34. The van der Waals surface area contributed by atoms with Gasteiger partial charge in [0.15, 0.2) is 11.5 Å². The molecule has 7 nitrogen and oxygen atoms in total. The number of nitrogens with zero attached hydrogens (tertiary/aromatic N) is 2. The lowest BCUT2D eigenvalue weighted by atomic mass is 10.0. The number of carbonyl (C=O) groups excluding carboxylic acids is 2. The number of amides is 2. The third-order valence-electron chi connectivity index (χ3n) is 6.97. The van der Waals surface area contributed by atoms with E-state index in [0.717, 1.165) is 28.3 Å². The second-order valence-corrected chi connectivity index (χ2v) is 10.6. The molecule has 2 aromatic carbocycles. The van der Waals surface area contributed by atoms with Crippen LogP contribution in [0.25, 0.3) is 10.4 Å². The Bertz CT molecular complexity index is 1320. The Labute approximate surface area is 205 Å². The van der Waals surface area contributed by atoms with Crippen LogP contribution in [0.5, 0.6) is 11.5 Å². The summed E-state index contributed by atoms with van der Waals surface area (Å²) in [6.07, 6.45) is 2.29. The number of piperidine rings is 1. The number of benzene rings is 2. The van der Waals surface area contributed by atoms with Gasteiger partial charge in [-0.25, -0.2) is 9.37 Å². The molecule has 0 radical (unpaired) electrons.